The van der Waals surface area contributed by atoms with Gasteiger partial charge >= 0.3 is 5.97 Å². The maximum atomic E-state index is 12.7. The number of amides is 1. The second-order valence-corrected chi connectivity index (χ2v) is 6.46. The predicted octanol–water partition coefficient (Wildman–Crippen LogP) is 2.08. The van der Waals surface area contributed by atoms with Crippen molar-refractivity contribution in [3.63, 3.8) is 0 Å². The van der Waals surface area contributed by atoms with Gasteiger partial charge in [0.1, 0.15) is 0 Å². The Bertz CT molecular complexity index is 846. The lowest BCUT2D eigenvalue weighted by molar-refractivity contribution is -0.143. The van der Waals surface area contributed by atoms with Crippen molar-refractivity contribution in [2.24, 2.45) is 5.92 Å². The van der Waals surface area contributed by atoms with Crippen molar-refractivity contribution in [1.29, 1.82) is 0 Å². The molecule has 2 unspecified atom stereocenters. The summed E-state index contributed by atoms with van der Waals surface area (Å²) in [4.78, 5) is 36.1. The van der Waals surface area contributed by atoms with E-state index >= 15 is 0 Å². The van der Waals surface area contributed by atoms with Crippen molar-refractivity contribution in [2.75, 3.05) is 0 Å². The number of carbonyl (C=O) groups is 2. The molecule has 2 atom stereocenters. The molecular weight excluding hydrogens is 322 g/mol. The molecule has 25 heavy (non-hydrogen) atoms. The summed E-state index contributed by atoms with van der Waals surface area (Å²) in [6.45, 7) is 0. The number of nitrogens with one attached hydrogen (secondary N) is 2. The molecule has 3 rings (SSSR count). The highest BCUT2D eigenvalue weighted by Gasteiger charge is 2.30. The third-order valence-corrected chi connectivity index (χ3v) is 4.81. The largest absolute Gasteiger partial charge is 0.481 e. The minimum Gasteiger partial charge on any atom is -0.481 e. The summed E-state index contributed by atoms with van der Waals surface area (Å²) >= 11 is 0. The van der Waals surface area contributed by atoms with E-state index in [2.05, 4.69) is 15.5 Å². The molecule has 1 aromatic carbocycles. The summed E-state index contributed by atoms with van der Waals surface area (Å²) < 4.78 is 0. The molecule has 0 spiro atoms. The number of aromatic amines is 1. The summed E-state index contributed by atoms with van der Waals surface area (Å²) in [7, 11) is 0. The first-order valence-electron chi connectivity index (χ1n) is 8.59. The summed E-state index contributed by atoms with van der Waals surface area (Å²) in [5.74, 6) is -1.94. The maximum absolute atomic E-state index is 12.7. The molecule has 1 saturated carbocycles. The van der Waals surface area contributed by atoms with Gasteiger partial charge in [-0.05, 0) is 18.9 Å². The first kappa shape index (κ1) is 17.1. The number of carboxylic acid groups (broad SMARTS) is 1. The van der Waals surface area contributed by atoms with E-state index in [0.29, 0.717) is 23.6 Å². The molecule has 0 radical (unpaired) electrons. The Hall–Kier alpha value is -2.70. The van der Waals surface area contributed by atoms with Crippen LogP contribution >= 0.6 is 0 Å². The number of fused-ring (bicyclic) bond motifs is 1. The topological polar surface area (TPSA) is 112 Å². The fraction of sp³-hybridized carbons (Fsp3) is 0.444. The molecule has 2 aromatic rings. The Balaban J connectivity index is 1.89. The highest BCUT2D eigenvalue weighted by Crippen LogP contribution is 2.24. The highest BCUT2D eigenvalue weighted by atomic mass is 16.4. The Morgan fingerprint density at radius 2 is 1.76 bits per heavy atom. The van der Waals surface area contributed by atoms with Gasteiger partial charge in [-0.1, -0.05) is 43.9 Å². The molecular formula is C18H21N3O4. The average molecular weight is 343 g/mol. The number of hydrogen-bond acceptors (Lipinski definition) is 4. The molecule has 0 bridgehead atoms. The number of aromatic nitrogens is 2. The molecule has 3 N–H and O–H groups in total. The van der Waals surface area contributed by atoms with Crippen molar-refractivity contribution in [1.82, 2.24) is 15.5 Å². The van der Waals surface area contributed by atoms with Crippen LogP contribution in [-0.4, -0.2) is 33.2 Å². The second kappa shape index (κ2) is 7.46. The Labute approximate surface area is 144 Å². The SMILES string of the molecule is O=C(NC1CCCCCCC1C(=O)O)c1n[nH]c(=O)c2ccccc12. The van der Waals surface area contributed by atoms with Crippen LogP contribution in [0.5, 0.6) is 0 Å². The van der Waals surface area contributed by atoms with Crippen LogP contribution in [0.3, 0.4) is 0 Å². The normalized spacial score (nSPS) is 21.3. The number of rotatable bonds is 3. The molecule has 1 amide bonds. The van der Waals surface area contributed by atoms with Gasteiger partial charge in [-0.25, -0.2) is 5.10 Å². The first-order chi connectivity index (χ1) is 12.1. The fourth-order valence-corrected chi connectivity index (χ4v) is 3.48. The summed E-state index contributed by atoms with van der Waals surface area (Å²) in [5, 5.41) is 19.4. The molecule has 7 nitrogen and oxygen atoms in total. The quantitative estimate of drug-likeness (QED) is 0.790. The fourth-order valence-electron chi connectivity index (χ4n) is 3.48. The van der Waals surface area contributed by atoms with Gasteiger partial charge in [0.25, 0.3) is 11.5 Å². The van der Waals surface area contributed by atoms with Crippen molar-refractivity contribution in [3.8, 4) is 0 Å². The van der Waals surface area contributed by atoms with E-state index in [0.717, 1.165) is 25.7 Å². The molecule has 1 heterocycles. The van der Waals surface area contributed by atoms with E-state index < -0.39 is 23.8 Å². The number of benzene rings is 1. The van der Waals surface area contributed by atoms with Gasteiger partial charge < -0.3 is 10.4 Å². The minimum atomic E-state index is -0.883. The van der Waals surface area contributed by atoms with Crippen LogP contribution in [0.4, 0.5) is 0 Å². The van der Waals surface area contributed by atoms with Crippen LogP contribution in [-0.2, 0) is 4.79 Å². The van der Waals surface area contributed by atoms with Crippen LogP contribution in [0.2, 0.25) is 0 Å². The Kier molecular flexibility index (Phi) is 5.11. The highest BCUT2D eigenvalue weighted by molar-refractivity contribution is 6.04. The van der Waals surface area contributed by atoms with Crippen LogP contribution in [0.25, 0.3) is 10.8 Å². The van der Waals surface area contributed by atoms with Crippen LogP contribution in [0.1, 0.15) is 49.0 Å². The van der Waals surface area contributed by atoms with Gasteiger partial charge in [0.2, 0.25) is 0 Å². The number of carbonyl (C=O) groups excluding carboxylic acids is 1. The lowest BCUT2D eigenvalue weighted by atomic mass is 9.86. The van der Waals surface area contributed by atoms with Crippen LogP contribution in [0, 0.1) is 5.92 Å². The Morgan fingerprint density at radius 3 is 2.48 bits per heavy atom. The minimum absolute atomic E-state index is 0.112. The molecule has 132 valence electrons. The van der Waals surface area contributed by atoms with Gasteiger partial charge in [-0.2, -0.15) is 5.10 Å². The molecule has 1 aliphatic carbocycles. The number of H-pyrrole nitrogens is 1. The van der Waals surface area contributed by atoms with Gasteiger partial charge in [-0.15, -0.1) is 0 Å². The lowest BCUT2D eigenvalue weighted by Crippen LogP contribution is -2.44. The second-order valence-electron chi connectivity index (χ2n) is 6.46. The summed E-state index contributed by atoms with van der Waals surface area (Å²) in [6, 6.07) is 6.31. The zero-order valence-electron chi connectivity index (χ0n) is 13.8. The van der Waals surface area contributed by atoms with E-state index in [1.54, 1.807) is 24.3 Å². The first-order valence-corrected chi connectivity index (χ1v) is 8.59. The van der Waals surface area contributed by atoms with Crippen molar-refractivity contribution < 1.29 is 14.7 Å². The van der Waals surface area contributed by atoms with Crippen molar-refractivity contribution >= 4 is 22.6 Å². The van der Waals surface area contributed by atoms with E-state index in [9.17, 15) is 19.5 Å². The Morgan fingerprint density at radius 1 is 1.08 bits per heavy atom. The zero-order chi connectivity index (χ0) is 17.8. The van der Waals surface area contributed by atoms with E-state index in [1.165, 1.54) is 0 Å². The third-order valence-electron chi connectivity index (χ3n) is 4.81. The number of carboxylic acids is 1. The van der Waals surface area contributed by atoms with Crippen molar-refractivity contribution in [2.45, 2.75) is 44.6 Å². The molecule has 1 aliphatic rings. The van der Waals surface area contributed by atoms with Gasteiger partial charge in [0.15, 0.2) is 5.69 Å². The molecule has 1 aromatic heterocycles. The number of hydrogen-bond donors (Lipinski definition) is 3. The maximum Gasteiger partial charge on any atom is 0.308 e. The van der Waals surface area contributed by atoms with E-state index in [-0.39, 0.29) is 11.3 Å². The summed E-state index contributed by atoms with van der Waals surface area (Å²) in [6.07, 6.45) is 4.98. The van der Waals surface area contributed by atoms with Crippen LogP contribution < -0.4 is 10.9 Å². The standard InChI is InChI=1S/C18H21N3O4/c22-16-12-8-6-5-7-11(12)15(20-21-16)17(23)19-14-10-4-2-1-3-9-13(14)18(24)25/h5-8,13-14H,1-4,9-10H2,(H,19,23)(H,21,22)(H,24,25). The molecule has 0 aliphatic heterocycles. The van der Waals surface area contributed by atoms with Gasteiger partial charge in [-0.3, -0.25) is 14.4 Å². The number of nitrogens with zero attached hydrogens (tertiary/aromatic N) is 1. The van der Waals surface area contributed by atoms with Gasteiger partial charge in [0.05, 0.1) is 11.3 Å². The number of aliphatic carboxylic acids is 1. The summed E-state index contributed by atoms with van der Waals surface area (Å²) in [5.41, 5.74) is -0.247. The monoisotopic (exact) mass is 343 g/mol. The van der Waals surface area contributed by atoms with Crippen LogP contribution in [0.15, 0.2) is 29.1 Å². The van der Waals surface area contributed by atoms with Crippen molar-refractivity contribution in [3.05, 3.63) is 40.3 Å². The smallest absolute Gasteiger partial charge is 0.308 e. The van der Waals surface area contributed by atoms with Gasteiger partial charge in [0, 0.05) is 11.4 Å². The molecule has 1 fully saturated rings. The lowest BCUT2D eigenvalue weighted by Gasteiger charge is -2.27. The van der Waals surface area contributed by atoms with E-state index in [4.69, 9.17) is 0 Å². The van der Waals surface area contributed by atoms with E-state index in [1.807, 2.05) is 0 Å². The third kappa shape index (κ3) is 3.70. The molecule has 7 heteroatoms. The molecule has 0 saturated heterocycles. The average Bonchev–Trinajstić information content (AvgIpc) is 2.57. The predicted molar refractivity (Wildman–Crippen MR) is 92.4 cm³/mol. The zero-order valence-corrected chi connectivity index (χ0v) is 13.8.